The Morgan fingerprint density at radius 3 is 2.76 bits per heavy atom. The maximum Gasteiger partial charge on any atom is 0.409 e. The molecule has 2 bridgehead atoms. The SMILES string of the molecule is CCOC(=O)N1CCC(N2C[C@@]34C=C[C@@H](O3)[C@@H](C(=O)[O-])[C@@H]4C2=O)CC1. The van der Waals surface area contributed by atoms with E-state index in [9.17, 15) is 19.5 Å². The van der Waals surface area contributed by atoms with Crippen LogP contribution < -0.4 is 5.11 Å². The first kappa shape index (κ1) is 16.4. The molecule has 0 saturated carbocycles. The van der Waals surface area contributed by atoms with Crippen LogP contribution in [-0.4, -0.2) is 71.8 Å². The molecule has 0 aromatic rings. The molecule has 136 valence electrons. The van der Waals surface area contributed by atoms with Crippen LogP contribution in [0.4, 0.5) is 4.79 Å². The van der Waals surface area contributed by atoms with Crippen molar-refractivity contribution in [3.63, 3.8) is 0 Å². The molecule has 3 fully saturated rings. The third-order valence-corrected chi connectivity index (χ3v) is 5.83. The molecule has 0 radical (unpaired) electrons. The molecular weight excluding hydrogens is 328 g/mol. The smallest absolute Gasteiger partial charge is 0.409 e. The van der Waals surface area contributed by atoms with Crippen molar-refractivity contribution >= 4 is 18.0 Å². The van der Waals surface area contributed by atoms with Crippen molar-refractivity contribution in [1.29, 1.82) is 0 Å². The minimum absolute atomic E-state index is 0.0170. The first-order valence-corrected chi connectivity index (χ1v) is 8.77. The summed E-state index contributed by atoms with van der Waals surface area (Å²) in [5, 5.41) is 11.5. The zero-order chi connectivity index (χ0) is 17.8. The fourth-order valence-corrected chi connectivity index (χ4v) is 4.68. The largest absolute Gasteiger partial charge is 0.550 e. The van der Waals surface area contributed by atoms with Gasteiger partial charge in [0.2, 0.25) is 5.91 Å². The lowest BCUT2D eigenvalue weighted by atomic mass is 9.77. The molecule has 3 saturated heterocycles. The van der Waals surface area contributed by atoms with E-state index in [1.807, 2.05) is 6.08 Å². The summed E-state index contributed by atoms with van der Waals surface area (Å²) in [6, 6.07) is -0.0170. The fourth-order valence-electron chi connectivity index (χ4n) is 4.68. The molecule has 0 aromatic carbocycles. The number of carbonyl (C=O) groups is 3. The molecule has 2 amide bonds. The van der Waals surface area contributed by atoms with E-state index in [1.54, 1.807) is 22.8 Å². The number of carboxylic acids is 1. The third-order valence-electron chi connectivity index (χ3n) is 5.83. The Hall–Kier alpha value is -2.09. The normalized spacial score (nSPS) is 36.8. The quantitative estimate of drug-likeness (QED) is 0.615. The maximum atomic E-state index is 12.9. The minimum Gasteiger partial charge on any atom is -0.550 e. The van der Waals surface area contributed by atoms with E-state index in [2.05, 4.69) is 0 Å². The van der Waals surface area contributed by atoms with Gasteiger partial charge in [0.15, 0.2) is 0 Å². The van der Waals surface area contributed by atoms with Gasteiger partial charge >= 0.3 is 6.09 Å². The number of carbonyl (C=O) groups excluding carboxylic acids is 3. The van der Waals surface area contributed by atoms with Crippen LogP contribution in [0.15, 0.2) is 12.2 Å². The van der Waals surface area contributed by atoms with Crippen LogP contribution >= 0.6 is 0 Å². The van der Waals surface area contributed by atoms with Crippen molar-refractivity contribution in [3.05, 3.63) is 12.2 Å². The molecule has 0 aliphatic carbocycles. The number of carboxylic acid groups (broad SMARTS) is 1. The highest BCUT2D eigenvalue weighted by Gasteiger charge is 2.66. The van der Waals surface area contributed by atoms with E-state index in [1.165, 1.54) is 0 Å². The van der Waals surface area contributed by atoms with E-state index in [-0.39, 0.29) is 18.0 Å². The highest BCUT2D eigenvalue weighted by atomic mass is 16.6. The molecule has 0 aromatic heterocycles. The molecule has 4 rings (SSSR count). The zero-order valence-corrected chi connectivity index (χ0v) is 14.1. The van der Waals surface area contributed by atoms with Crippen LogP contribution in [0.1, 0.15) is 19.8 Å². The van der Waals surface area contributed by atoms with Crippen LogP contribution in [0.2, 0.25) is 0 Å². The summed E-state index contributed by atoms with van der Waals surface area (Å²) in [6.45, 7) is 3.52. The standard InChI is InChI=1S/C17H22N2O6/c1-2-24-16(23)18-7-4-10(5-8-18)19-9-17-6-3-11(25-17)12(15(21)22)13(17)14(19)20/h3,6,10-13H,2,4-5,7-9H2,1H3,(H,21,22)/p-1/t11-,12-,13-,17-/m1/s1. The average Bonchev–Trinajstić information content (AvgIpc) is 3.23. The summed E-state index contributed by atoms with van der Waals surface area (Å²) < 4.78 is 10.9. The van der Waals surface area contributed by atoms with Crippen LogP contribution in [0.5, 0.6) is 0 Å². The van der Waals surface area contributed by atoms with Crippen molar-refractivity contribution < 1.29 is 29.0 Å². The maximum absolute atomic E-state index is 12.9. The summed E-state index contributed by atoms with van der Waals surface area (Å²) in [6.07, 6.45) is 3.98. The van der Waals surface area contributed by atoms with Crippen LogP contribution in [0.25, 0.3) is 0 Å². The van der Waals surface area contributed by atoms with Crippen molar-refractivity contribution in [3.8, 4) is 0 Å². The first-order valence-electron chi connectivity index (χ1n) is 8.77. The van der Waals surface area contributed by atoms with Gasteiger partial charge in [0.05, 0.1) is 25.2 Å². The Kier molecular flexibility index (Phi) is 3.75. The summed E-state index contributed by atoms with van der Waals surface area (Å²) in [4.78, 5) is 39.6. The number of hydrogen-bond acceptors (Lipinski definition) is 6. The van der Waals surface area contributed by atoms with Gasteiger partial charge in [-0.3, -0.25) is 4.79 Å². The molecule has 0 N–H and O–H groups in total. The predicted molar refractivity (Wildman–Crippen MR) is 82.1 cm³/mol. The van der Waals surface area contributed by atoms with Gasteiger partial charge in [0, 0.05) is 31.0 Å². The lowest BCUT2D eigenvalue weighted by molar-refractivity contribution is -0.313. The molecule has 4 atom stereocenters. The molecule has 4 heterocycles. The van der Waals surface area contributed by atoms with E-state index in [4.69, 9.17) is 9.47 Å². The van der Waals surface area contributed by atoms with Crippen molar-refractivity contribution in [2.45, 2.75) is 37.5 Å². The molecule has 1 spiro atoms. The number of hydrogen-bond donors (Lipinski definition) is 0. The molecule has 0 unspecified atom stereocenters. The second-order valence-electron chi connectivity index (χ2n) is 7.10. The Labute approximate surface area is 145 Å². The number of rotatable bonds is 3. The average molecular weight is 349 g/mol. The van der Waals surface area contributed by atoms with E-state index in [0.29, 0.717) is 39.1 Å². The second kappa shape index (κ2) is 5.72. The Morgan fingerprint density at radius 1 is 1.40 bits per heavy atom. The topological polar surface area (TPSA) is 99.2 Å². The highest BCUT2D eigenvalue weighted by molar-refractivity contribution is 5.90. The summed E-state index contributed by atoms with van der Waals surface area (Å²) in [7, 11) is 0. The summed E-state index contributed by atoms with van der Waals surface area (Å²) in [5.74, 6) is -3.01. The van der Waals surface area contributed by atoms with Crippen molar-refractivity contribution in [2.24, 2.45) is 11.8 Å². The molecule has 25 heavy (non-hydrogen) atoms. The Bertz CT molecular complexity index is 641. The monoisotopic (exact) mass is 349 g/mol. The van der Waals surface area contributed by atoms with Gasteiger partial charge in [0.1, 0.15) is 5.60 Å². The minimum atomic E-state index is -1.23. The number of likely N-dealkylation sites (tertiary alicyclic amines) is 2. The molecular formula is C17H21N2O6-. The van der Waals surface area contributed by atoms with Gasteiger partial charge in [0.25, 0.3) is 0 Å². The number of nitrogens with zero attached hydrogens (tertiary/aromatic N) is 2. The third kappa shape index (κ3) is 2.34. The second-order valence-corrected chi connectivity index (χ2v) is 7.10. The number of ether oxygens (including phenoxy) is 2. The van der Waals surface area contributed by atoms with Crippen LogP contribution in [0, 0.1) is 11.8 Å². The van der Waals surface area contributed by atoms with Gasteiger partial charge in [-0.2, -0.15) is 0 Å². The fraction of sp³-hybridized carbons (Fsp3) is 0.706. The van der Waals surface area contributed by atoms with E-state index < -0.39 is 29.5 Å². The van der Waals surface area contributed by atoms with Crippen LogP contribution in [0.3, 0.4) is 0 Å². The highest BCUT2D eigenvalue weighted by Crippen LogP contribution is 2.52. The number of aliphatic carboxylic acids is 1. The van der Waals surface area contributed by atoms with Gasteiger partial charge in [-0.25, -0.2) is 4.79 Å². The lowest BCUT2D eigenvalue weighted by Crippen LogP contribution is -2.49. The Morgan fingerprint density at radius 2 is 2.12 bits per heavy atom. The van der Waals surface area contributed by atoms with Crippen molar-refractivity contribution in [2.75, 3.05) is 26.2 Å². The van der Waals surface area contributed by atoms with Gasteiger partial charge in [-0.05, 0) is 19.8 Å². The molecule has 4 aliphatic heterocycles. The molecule has 8 nitrogen and oxygen atoms in total. The van der Waals surface area contributed by atoms with E-state index in [0.717, 1.165) is 0 Å². The molecule has 4 aliphatic rings. The van der Waals surface area contributed by atoms with Crippen molar-refractivity contribution in [1.82, 2.24) is 9.80 Å². The molecule has 8 heteroatoms. The van der Waals surface area contributed by atoms with E-state index >= 15 is 0 Å². The number of fused-ring (bicyclic) bond motifs is 1. The summed E-state index contributed by atoms with van der Waals surface area (Å²) >= 11 is 0. The number of amides is 2. The van der Waals surface area contributed by atoms with Gasteiger partial charge < -0.3 is 29.2 Å². The lowest BCUT2D eigenvalue weighted by Gasteiger charge is -2.37. The van der Waals surface area contributed by atoms with Gasteiger partial charge in [-0.15, -0.1) is 0 Å². The summed E-state index contributed by atoms with van der Waals surface area (Å²) in [5.41, 5.74) is -0.829. The first-order chi connectivity index (χ1) is 12.0. The Balaban J connectivity index is 1.46. The predicted octanol–water partition coefficient (Wildman–Crippen LogP) is -0.861. The number of piperidine rings is 1. The van der Waals surface area contributed by atoms with Crippen LogP contribution in [-0.2, 0) is 19.1 Å². The zero-order valence-electron chi connectivity index (χ0n) is 14.1. The van der Waals surface area contributed by atoms with Gasteiger partial charge in [-0.1, -0.05) is 12.2 Å².